The van der Waals surface area contributed by atoms with Gasteiger partial charge in [0.25, 0.3) is 0 Å². The standard InChI is InChI=1S/C26H30N4O2S/c1-4-18-15-28-26(29-16-18)30-11-9-20(10-12-30)24-14-21-13-23(27-17-25(21)32-24)19-5-7-22(8-6-19)33(2,3)31/h5-8,13,15-17,20,24H,2,4,9-12,14H2,1,3H3. The fraction of sp³-hybridized carbons (Fsp3) is 0.385. The summed E-state index contributed by atoms with van der Waals surface area (Å²) in [6.45, 7) is 4.02. The van der Waals surface area contributed by atoms with Crippen molar-refractivity contribution in [1.29, 1.82) is 0 Å². The number of nitrogens with zero attached hydrogens (tertiary/aromatic N) is 4. The topological polar surface area (TPSA) is 68.2 Å². The van der Waals surface area contributed by atoms with E-state index in [-0.39, 0.29) is 6.10 Å². The van der Waals surface area contributed by atoms with Crippen LogP contribution in [0, 0.1) is 5.92 Å². The Morgan fingerprint density at radius 2 is 1.79 bits per heavy atom. The maximum absolute atomic E-state index is 12.1. The predicted octanol–water partition coefficient (Wildman–Crippen LogP) is 4.03. The summed E-state index contributed by atoms with van der Waals surface area (Å²) in [6, 6.07) is 9.83. The van der Waals surface area contributed by atoms with Gasteiger partial charge in [-0.25, -0.2) is 9.97 Å². The van der Waals surface area contributed by atoms with Crippen LogP contribution in [0.5, 0.6) is 5.75 Å². The van der Waals surface area contributed by atoms with E-state index < -0.39 is 9.52 Å². The second-order valence-electron chi connectivity index (χ2n) is 9.14. The van der Waals surface area contributed by atoms with E-state index in [1.165, 1.54) is 11.1 Å². The molecule has 2 unspecified atom stereocenters. The van der Waals surface area contributed by atoms with E-state index in [4.69, 9.17) is 4.74 Å². The molecule has 33 heavy (non-hydrogen) atoms. The lowest BCUT2D eigenvalue weighted by molar-refractivity contribution is 0.138. The van der Waals surface area contributed by atoms with Gasteiger partial charge >= 0.3 is 0 Å². The number of anilines is 1. The number of hydrogen-bond donors (Lipinski definition) is 0. The molecule has 6 nitrogen and oxygen atoms in total. The monoisotopic (exact) mass is 462 g/mol. The molecule has 172 valence electrons. The van der Waals surface area contributed by atoms with E-state index in [9.17, 15) is 4.21 Å². The molecule has 1 saturated heterocycles. The first kappa shape index (κ1) is 21.9. The molecule has 0 saturated carbocycles. The molecule has 0 radical (unpaired) electrons. The first-order valence-electron chi connectivity index (χ1n) is 11.5. The lowest BCUT2D eigenvalue weighted by Crippen LogP contribution is -2.40. The van der Waals surface area contributed by atoms with Gasteiger partial charge in [0.05, 0.1) is 11.9 Å². The summed E-state index contributed by atoms with van der Waals surface area (Å²) in [7, 11) is -2.21. The van der Waals surface area contributed by atoms with Gasteiger partial charge in [-0.1, -0.05) is 19.1 Å². The average molecular weight is 463 g/mol. The Morgan fingerprint density at radius 3 is 2.42 bits per heavy atom. The molecule has 7 heteroatoms. The normalized spacial score (nSPS) is 20.2. The van der Waals surface area contributed by atoms with Crippen LogP contribution in [0.25, 0.3) is 11.3 Å². The molecule has 3 aromatic rings. The Kier molecular flexibility index (Phi) is 5.83. The van der Waals surface area contributed by atoms with E-state index >= 15 is 0 Å². The predicted molar refractivity (Wildman–Crippen MR) is 134 cm³/mol. The highest BCUT2D eigenvalue weighted by Gasteiger charge is 2.33. The molecule has 2 atom stereocenters. The third-order valence-electron chi connectivity index (χ3n) is 6.74. The van der Waals surface area contributed by atoms with Crippen molar-refractivity contribution in [3.8, 4) is 17.0 Å². The van der Waals surface area contributed by atoms with Gasteiger partial charge in [-0.15, -0.1) is 0 Å². The number of fused-ring (bicyclic) bond motifs is 1. The highest BCUT2D eigenvalue weighted by Crippen LogP contribution is 2.37. The van der Waals surface area contributed by atoms with Crippen LogP contribution in [0.15, 0.2) is 53.8 Å². The molecule has 0 spiro atoms. The van der Waals surface area contributed by atoms with Crippen LogP contribution in [0.3, 0.4) is 0 Å². The van der Waals surface area contributed by atoms with Gasteiger partial charge in [0.15, 0.2) is 0 Å². The Morgan fingerprint density at radius 1 is 1.09 bits per heavy atom. The highest BCUT2D eigenvalue weighted by atomic mass is 32.2. The second kappa shape index (κ2) is 8.78. The maximum atomic E-state index is 12.1. The van der Waals surface area contributed by atoms with Crippen LogP contribution in [0.1, 0.15) is 30.9 Å². The van der Waals surface area contributed by atoms with E-state index in [0.717, 1.165) is 66.6 Å². The summed E-state index contributed by atoms with van der Waals surface area (Å²) in [5, 5.41) is 0. The minimum absolute atomic E-state index is 0.195. The minimum Gasteiger partial charge on any atom is -0.488 e. The van der Waals surface area contributed by atoms with Gasteiger partial charge in [-0.2, -0.15) is 0 Å². The number of benzene rings is 1. The lowest BCUT2D eigenvalue weighted by atomic mass is 9.89. The molecule has 0 bridgehead atoms. The smallest absolute Gasteiger partial charge is 0.225 e. The molecule has 2 aliphatic heterocycles. The number of aryl methyl sites for hydroxylation is 1. The van der Waals surface area contributed by atoms with Crippen molar-refractivity contribution in [3.05, 3.63) is 60.0 Å². The Balaban J connectivity index is 1.23. The molecule has 1 fully saturated rings. The van der Waals surface area contributed by atoms with Crippen LogP contribution < -0.4 is 9.64 Å². The SMILES string of the molecule is C=S(C)(=O)c1ccc(-c2cc3c(cn2)OC(C2CCN(c4ncc(CC)cn4)CC2)C3)cc1. The van der Waals surface area contributed by atoms with E-state index in [2.05, 4.69) is 38.7 Å². The Bertz CT molecular complexity index is 1230. The zero-order valence-electron chi connectivity index (χ0n) is 19.2. The lowest BCUT2D eigenvalue weighted by Gasteiger charge is -2.34. The van der Waals surface area contributed by atoms with Crippen molar-refractivity contribution in [2.24, 2.45) is 5.92 Å². The van der Waals surface area contributed by atoms with Crippen molar-refractivity contribution in [3.63, 3.8) is 0 Å². The minimum atomic E-state index is -2.21. The fourth-order valence-electron chi connectivity index (χ4n) is 4.67. The maximum Gasteiger partial charge on any atom is 0.225 e. The summed E-state index contributed by atoms with van der Waals surface area (Å²) in [6.07, 6.45) is 11.6. The number of aromatic nitrogens is 3. The number of ether oxygens (including phenoxy) is 1. The van der Waals surface area contributed by atoms with Crippen molar-refractivity contribution in [1.82, 2.24) is 15.0 Å². The summed E-state index contributed by atoms with van der Waals surface area (Å²) in [5.41, 5.74) is 4.31. The van der Waals surface area contributed by atoms with Gasteiger partial charge in [0.2, 0.25) is 5.95 Å². The van der Waals surface area contributed by atoms with Crippen LogP contribution >= 0.6 is 0 Å². The average Bonchev–Trinajstić information content (AvgIpc) is 3.27. The van der Waals surface area contributed by atoms with Crippen molar-refractivity contribution in [2.45, 2.75) is 43.6 Å². The molecule has 0 aliphatic carbocycles. The highest BCUT2D eigenvalue weighted by molar-refractivity contribution is 7.99. The molecular weight excluding hydrogens is 432 g/mol. The molecule has 0 amide bonds. The van der Waals surface area contributed by atoms with Crippen LogP contribution in [0.4, 0.5) is 5.95 Å². The van der Waals surface area contributed by atoms with Gasteiger partial charge in [-0.05, 0) is 64.3 Å². The molecule has 1 aromatic carbocycles. The molecular formula is C26H30N4O2S. The van der Waals surface area contributed by atoms with Crippen LogP contribution in [-0.4, -0.2) is 50.5 Å². The zero-order chi connectivity index (χ0) is 23.0. The summed E-state index contributed by atoms with van der Waals surface area (Å²) in [4.78, 5) is 16.7. The van der Waals surface area contributed by atoms with Crippen LogP contribution in [0.2, 0.25) is 0 Å². The Hall–Kier alpha value is -2.93. The van der Waals surface area contributed by atoms with Gasteiger partial charge < -0.3 is 9.64 Å². The largest absolute Gasteiger partial charge is 0.488 e. The van der Waals surface area contributed by atoms with Gasteiger partial charge in [0.1, 0.15) is 11.9 Å². The van der Waals surface area contributed by atoms with Crippen molar-refractivity contribution >= 4 is 21.3 Å². The van der Waals surface area contributed by atoms with Crippen molar-refractivity contribution < 1.29 is 8.95 Å². The second-order valence-corrected chi connectivity index (χ2v) is 11.6. The van der Waals surface area contributed by atoms with E-state index in [1.807, 2.05) is 42.9 Å². The molecule has 2 aliphatic rings. The van der Waals surface area contributed by atoms with Crippen molar-refractivity contribution in [2.75, 3.05) is 24.2 Å². The van der Waals surface area contributed by atoms with E-state index in [0.29, 0.717) is 5.92 Å². The third kappa shape index (κ3) is 4.60. The zero-order valence-corrected chi connectivity index (χ0v) is 20.1. The number of rotatable bonds is 5. The summed E-state index contributed by atoms with van der Waals surface area (Å²) < 4.78 is 18.5. The first-order valence-corrected chi connectivity index (χ1v) is 13.7. The Labute approximate surface area is 196 Å². The number of hydrogen-bond acceptors (Lipinski definition) is 6. The first-order chi connectivity index (χ1) is 15.9. The quantitative estimate of drug-likeness (QED) is 0.534. The summed E-state index contributed by atoms with van der Waals surface area (Å²) in [5.74, 6) is 6.00. The molecule has 2 aromatic heterocycles. The van der Waals surface area contributed by atoms with E-state index in [1.54, 1.807) is 6.26 Å². The fourth-order valence-corrected chi connectivity index (χ4v) is 5.38. The molecule has 5 rings (SSSR count). The van der Waals surface area contributed by atoms with Gasteiger partial charge in [-0.3, -0.25) is 9.19 Å². The summed E-state index contributed by atoms with van der Waals surface area (Å²) >= 11 is 0. The molecule has 0 N–H and O–H groups in total. The number of pyridine rings is 1. The number of piperidine rings is 1. The van der Waals surface area contributed by atoms with Crippen LogP contribution in [-0.2, 0) is 22.4 Å². The molecule has 4 heterocycles. The third-order valence-corrected chi connectivity index (χ3v) is 8.01. The van der Waals surface area contributed by atoms with Gasteiger partial charge in [0, 0.05) is 54.2 Å².